The summed E-state index contributed by atoms with van der Waals surface area (Å²) in [6.45, 7) is 0. The monoisotopic (exact) mass is 199 g/mol. The number of hydrogen-bond donors (Lipinski definition) is 0. The van der Waals surface area contributed by atoms with Crippen molar-refractivity contribution in [2.24, 2.45) is 0 Å². The minimum Gasteiger partial charge on any atom is -0.121 e. The summed E-state index contributed by atoms with van der Waals surface area (Å²) in [7, 11) is 0. The summed E-state index contributed by atoms with van der Waals surface area (Å²) in [6.07, 6.45) is 0. The van der Waals surface area contributed by atoms with Crippen molar-refractivity contribution in [1.29, 1.82) is 0 Å². The van der Waals surface area contributed by atoms with Crippen LogP contribution in [0.5, 0.6) is 0 Å². The van der Waals surface area contributed by atoms with E-state index in [1.807, 2.05) is 36.0 Å². The van der Waals surface area contributed by atoms with E-state index in [4.69, 9.17) is 0 Å². The first-order valence-electron chi connectivity index (χ1n) is 4.58. The maximum Gasteiger partial charge on any atom is 0.0232 e. The van der Waals surface area contributed by atoms with Crippen molar-refractivity contribution in [3.8, 4) is 0 Å². The zero-order valence-electron chi connectivity index (χ0n) is 7.81. The fourth-order valence-electron chi connectivity index (χ4n) is 1.20. The van der Waals surface area contributed by atoms with Gasteiger partial charge < -0.3 is 0 Å². The molecular weight excluding hydrogens is 188 g/mol. The second-order valence-corrected chi connectivity index (χ2v) is 4.02. The van der Waals surface area contributed by atoms with E-state index in [1.165, 1.54) is 10.5 Å². The van der Waals surface area contributed by atoms with Gasteiger partial charge in [-0.3, -0.25) is 0 Å². The smallest absolute Gasteiger partial charge is 0.0232 e. The third-order valence-corrected chi connectivity index (χ3v) is 2.96. The largest absolute Gasteiger partial charge is 0.121 e. The van der Waals surface area contributed by atoms with Crippen LogP contribution in [0.15, 0.2) is 59.5 Å². The normalized spacial score (nSPS) is 10.0. The van der Waals surface area contributed by atoms with Crippen LogP contribution < -0.4 is 0 Å². The zero-order valence-corrected chi connectivity index (χ0v) is 8.63. The fourth-order valence-corrected chi connectivity index (χ4v) is 2.04. The quantitative estimate of drug-likeness (QED) is 0.678. The first-order valence-corrected chi connectivity index (χ1v) is 5.57. The molecule has 0 fully saturated rings. The van der Waals surface area contributed by atoms with E-state index in [0.29, 0.717) is 0 Å². The lowest BCUT2D eigenvalue weighted by atomic mass is 10.2. The van der Waals surface area contributed by atoms with E-state index in [1.54, 1.807) is 0 Å². The van der Waals surface area contributed by atoms with E-state index in [-0.39, 0.29) is 0 Å². The Balaban J connectivity index is 1.96. The molecule has 0 aliphatic carbocycles. The van der Waals surface area contributed by atoms with E-state index in [2.05, 4.69) is 36.4 Å². The van der Waals surface area contributed by atoms with E-state index in [0.717, 1.165) is 5.75 Å². The molecule has 0 spiro atoms. The lowest BCUT2D eigenvalue weighted by Crippen LogP contribution is -1.78. The number of hydrogen-bond acceptors (Lipinski definition) is 1. The Bertz CT molecular complexity index is 327. The average molecular weight is 199 g/mol. The Hall–Kier alpha value is -1.21. The van der Waals surface area contributed by atoms with Crippen LogP contribution in [0.2, 0.25) is 0 Å². The Morgan fingerprint density at radius 1 is 0.929 bits per heavy atom. The van der Waals surface area contributed by atoms with Gasteiger partial charge in [0.1, 0.15) is 0 Å². The van der Waals surface area contributed by atoms with Crippen molar-refractivity contribution in [2.45, 2.75) is 10.6 Å². The van der Waals surface area contributed by atoms with Crippen LogP contribution in [0.25, 0.3) is 0 Å². The molecule has 14 heavy (non-hydrogen) atoms. The molecule has 1 heteroatoms. The first-order chi connectivity index (χ1) is 6.95. The van der Waals surface area contributed by atoms with Crippen molar-refractivity contribution >= 4 is 11.8 Å². The van der Waals surface area contributed by atoms with Gasteiger partial charge in [0.25, 0.3) is 0 Å². The summed E-state index contributed by atoms with van der Waals surface area (Å²) in [6, 6.07) is 21.8. The predicted octanol–water partition coefficient (Wildman–Crippen LogP) is 3.78. The van der Waals surface area contributed by atoms with Gasteiger partial charge in [0.15, 0.2) is 0 Å². The first kappa shape index (κ1) is 9.35. The Morgan fingerprint density at radius 3 is 2.43 bits per heavy atom. The number of benzene rings is 2. The molecule has 0 unspecified atom stereocenters. The van der Waals surface area contributed by atoms with Crippen LogP contribution in [0, 0.1) is 6.07 Å². The summed E-state index contributed by atoms with van der Waals surface area (Å²) in [5.74, 6) is 1.02. The van der Waals surface area contributed by atoms with Gasteiger partial charge in [0.05, 0.1) is 0 Å². The van der Waals surface area contributed by atoms with Crippen LogP contribution in [0.4, 0.5) is 0 Å². The van der Waals surface area contributed by atoms with Crippen LogP contribution in [0.1, 0.15) is 5.56 Å². The molecule has 2 aromatic rings. The molecule has 0 aromatic heterocycles. The summed E-state index contributed by atoms with van der Waals surface area (Å²) in [4.78, 5) is 1.20. The molecule has 0 aliphatic heterocycles. The van der Waals surface area contributed by atoms with Gasteiger partial charge >= 0.3 is 0 Å². The van der Waals surface area contributed by atoms with Crippen molar-refractivity contribution < 1.29 is 0 Å². The van der Waals surface area contributed by atoms with Crippen LogP contribution in [-0.2, 0) is 5.75 Å². The molecular formula is C13H11S. The third-order valence-electron chi connectivity index (χ3n) is 1.92. The van der Waals surface area contributed by atoms with Crippen molar-refractivity contribution in [1.82, 2.24) is 0 Å². The highest BCUT2D eigenvalue weighted by molar-refractivity contribution is 7.98. The van der Waals surface area contributed by atoms with E-state index >= 15 is 0 Å². The van der Waals surface area contributed by atoms with Crippen LogP contribution in [0.3, 0.4) is 0 Å². The summed E-state index contributed by atoms with van der Waals surface area (Å²) in [5, 5.41) is 0. The second kappa shape index (κ2) is 4.87. The Labute approximate surface area is 89.0 Å². The zero-order chi connectivity index (χ0) is 9.64. The minimum atomic E-state index is 1.02. The van der Waals surface area contributed by atoms with Gasteiger partial charge in [-0.05, 0) is 17.7 Å². The molecule has 0 heterocycles. The Kier molecular flexibility index (Phi) is 3.25. The lowest BCUT2D eigenvalue weighted by Gasteiger charge is -2.00. The predicted molar refractivity (Wildman–Crippen MR) is 61.3 cm³/mol. The molecule has 69 valence electrons. The topological polar surface area (TPSA) is 0 Å². The van der Waals surface area contributed by atoms with E-state index < -0.39 is 0 Å². The van der Waals surface area contributed by atoms with E-state index in [9.17, 15) is 0 Å². The summed E-state index contributed by atoms with van der Waals surface area (Å²) >= 11 is 1.82. The van der Waals surface area contributed by atoms with Gasteiger partial charge in [0.2, 0.25) is 0 Å². The van der Waals surface area contributed by atoms with Gasteiger partial charge in [-0.25, -0.2) is 0 Å². The van der Waals surface area contributed by atoms with Crippen molar-refractivity contribution in [3.63, 3.8) is 0 Å². The molecule has 0 N–H and O–H groups in total. The molecule has 0 amide bonds. The van der Waals surface area contributed by atoms with Crippen LogP contribution in [-0.4, -0.2) is 0 Å². The maximum absolute atomic E-state index is 3.20. The summed E-state index contributed by atoms with van der Waals surface area (Å²) < 4.78 is 0. The standard InChI is InChI=1S/C13H11S/c1-3-7-12(8-4-1)11-14-13-9-5-2-6-10-13/h1-9H,11H2. The SMILES string of the molecule is [c]1ccccc1SCc1ccccc1. The molecule has 2 rings (SSSR count). The summed E-state index contributed by atoms with van der Waals surface area (Å²) in [5.41, 5.74) is 1.36. The molecule has 0 aliphatic rings. The van der Waals surface area contributed by atoms with Gasteiger partial charge in [-0.2, -0.15) is 0 Å². The highest BCUT2D eigenvalue weighted by Gasteiger charge is 1.94. The molecule has 0 nitrogen and oxygen atoms in total. The molecule has 0 saturated heterocycles. The van der Waals surface area contributed by atoms with Gasteiger partial charge in [0, 0.05) is 10.6 Å². The van der Waals surface area contributed by atoms with Gasteiger partial charge in [-0.1, -0.05) is 48.5 Å². The lowest BCUT2D eigenvalue weighted by molar-refractivity contribution is 1.38. The van der Waals surface area contributed by atoms with Gasteiger partial charge in [-0.15, -0.1) is 11.8 Å². The molecule has 0 atom stereocenters. The molecule has 0 bridgehead atoms. The van der Waals surface area contributed by atoms with Crippen molar-refractivity contribution in [3.05, 3.63) is 66.2 Å². The average Bonchev–Trinajstić information content (AvgIpc) is 2.29. The molecule has 2 aromatic carbocycles. The fraction of sp³-hybridized carbons (Fsp3) is 0.0769. The number of rotatable bonds is 3. The highest BCUT2D eigenvalue weighted by Crippen LogP contribution is 2.21. The highest BCUT2D eigenvalue weighted by atomic mass is 32.2. The minimum absolute atomic E-state index is 1.02. The molecule has 1 radical (unpaired) electrons. The third kappa shape index (κ3) is 2.64. The van der Waals surface area contributed by atoms with Crippen LogP contribution >= 0.6 is 11.8 Å². The second-order valence-electron chi connectivity index (χ2n) is 3.00. The molecule has 0 saturated carbocycles. The Morgan fingerprint density at radius 2 is 1.71 bits per heavy atom. The maximum atomic E-state index is 3.20. The number of thioether (sulfide) groups is 1. The van der Waals surface area contributed by atoms with Crippen molar-refractivity contribution in [2.75, 3.05) is 0 Å².